The second-order valence-electron chi connectivity index (χ2n) is 18.0. The molecule has 0 spiro atoms. The van der Waals surface area contributed by atoms with Gasteiger partial charge in [-0.3, -0.25) is 0 Å². The van der Waals surface area contributed by atoms with Crippen LogP contribution in [0.25, 0.3) is 66.8 Å². The van der Waals surface area contributed by atoms with Crippen molar-refractivity contribution in [2.45, 2.75) is 25.7 Å². The third-order valence-corrected chi connectivity index (χ3v) is 12.8. The third-order valence-electron chi connectivity index (χ3n) is 12.8. The molecule has 0 amide bonds. The summed E-state index contributed by atoms with van der Waals surface area (Å²) in [7, 11) is 0. The highest BCUT2D eigenvalue weighted by atomic mass is 16.5. The van der Waals surface area contributed by atoms with Gasteiger partial charge in [-0.1, -0.05) is 54.6 Å². The molecule has 18 bridgehead atoms. The van der Waals surface area contributed by atoms with E-state index < -0.39 is 0 Å². The number of hydrogen-bond acceptors (Lipinski definition) is 12. The van der Waals surface area contributed by atoms with E-state index >= 15 is 0 Å². The zero-order chi connectivity index (χ0) is 51.1. The lowest BCUT2D eigenvalue weighted by Crippen LogP contribution is -2.10. The molecule has 14 heterocycles. The van der Waals surface area contributed by atoms with E-state index in [1.807, 2.05) is 140 Å². The van der Waals surface area contributed by atoms with Crippen LogP contribution in [-0.4, -0.2) is 71.2 Å². The largest absolute Gasteiger partial charge is 0.490 e. The number of fused-ring (bicyclic) bond motifs is 2. The second kappa shape index (κ2) is 24.2. The Hall–Kier alpha value is -9.29. The summed E-state index contributed by atoms with van der Waals surface area (Å²) >= 11 is 0. The molecule has 5 aromatic heterocycles. The van der Waals surface area contributed by atoms with Gasteiger partial charge < -0.3 is 33.2 Å². The van der Waals surface area contributed by atoms with Crippen LogP contribution in [0, 0.1) is 0 Å². The van der Waals surface area contributed by atoms with Crippen molar-refractivity contribution in [3.8, 4) is 85.5 Å². The van der Waals surface area contributed by atoms with Gasteiger partial charge in [0.25, 0.3) is 0 Å². The van der Waals surface area contributed by atoms with Gasteiger partial charge in [0.1, 0.15) is 68.4 Å². The summed E-state index contributed by atoms with van der Waals surface area (Å²) in [6, 6.07) is 57.8. The summed E-state index contributed by atoms with van der Waals surface area (Å²) in [5.74, 6) is 4.84. The van der Waals surface area contributed by atoms with E-state index in [2.05, 4.69) is 58.5 Å². The molecule has 10 aromatic rings. The molecular weight excluding hydrogens is 951 g/mol. The topological polar surface area (TPSA) is 129 Å². The summed E-state index contributed by atoms with van der Waals surface area (Å²) in [6.45, 7) is 2.83. The highest BCUT2D eigenvalue weighted by Gasteiger charge is 2.12. The number of ether oxygens (including phenoxy) is 7. The lowest BCUT2D eigenvalue weighted by molar-refractivity contribution is 0.210. The Balaban J connectivity index is 0.727. The predicted octanol–water partition coefficient (Wildman–Crippen LogP) is 13.7. The highest BCUT2D eigenvalue weighted by Crippen LogP contribution is 2.31. The monoisotopic (exact) mass is 1010 g/mol. The molecular formula is C64H55N5O7. The van der Waals surface area contributed by atoms with E-state index in [-0.39, 0.29) is 0 Å². The highest BCUT2D eigenvalue weighted by molar-refractivity contribution is 6.04. The average molecular weight is 1010 g/mol. The normalized spacial score (nSPS) is 13.9. The standard InChI is InChI=1S/C64H55N5O7/c1-2-4-7-45-10-22-52(23-11-45)70-37-38-71-53-24-14-46(15-25-53)59-32-18-48-12-13-49-19-33-60(69-64(49)63(48)68-59)47-16-26-54(27-17-47)72-39-40-73-55-28-30-56(31-29-55)74-41-42-76-62-35-21-51(44-66-62)58-9-6-8-57(67-58)50-20-34-61(65-43-50)75-36-5-3-1/h1,3,6,8-35,43-44H,2,4-5,7,36-42H2. The van der Waals surface area contributed by atoms with Crippen LogP contribution in [0.3, 0.4) is 0 Å². The number of rotatable bonds is 0. The van der Waals surface area contributed by atoms with Gasteiger partial charge in [0.2, 0.25) is 11.8 Å². The van der Waals surface area contributed by atoms with Crippen molar-refractivity contribution in [3.63, 3.8) is 0 Å². The SMILES string of the molecule is C1=CCCOc2ccc(cn2)-c2cccc(n2)-c2ccc(nc2)OCCOc2ccc(cc2)OCCOc2ccc(cc2)-c2ccc3ccc4ccc(nc4c3n2)-c2ccc(cc2)OCCOc2ccc(cc2)CCC1. The van der Waals surface area contributed by atoms with Crippen molar-refractivity contribution < 1.29 is 33.2 Å². The minimum absolute atomic E-state index is 0.327. The number of aromatic nitrogens is 5. The van der Waals surface area contributed by atoms with E-state index in [0.29, 0.717) is 63.8 Å². The lowest BCUT2D eigenvalue weighted by Gasteiger charge is -2.11. The molecule has 378 valence electrons. The van der Waals surface area contributed by atoms with E-state index in [9.17, 15) is 0 Å². The number of pyridine rings is 5. The van der Waals surface area contributed by atoms with E-state index in [0.717, 1.165) is 116 Å². The van der Waals surface area contributed by atoms with Crippen molar-refractivity contribution in [1.82, 2.24) is 24.9 Å². The Bertz CT molecular complexity index is 3520. The van der Waals surface area contributed by atoms with Gasteiger partial charge in [0.15, 0.2) is 0 Å². The van der Waals surface area contributed by atoms with Gasteiger partial charge in [-0.25, -0.2) is 24.9 Å². The smallest absolute Gasteiger partial charge is 0.213 e. The predicted molar refractivity (Wildman–Crippen MR) is 297 cm³/mol. The van der Waals surface area contributed by atoms with Crippen LogP contribution in [0.1, 0.15) is 24.8 Å². The summed E-state index contributed by atoms with van der Waals surface area (Å²) in [5, 5.41) is 2.04. The second-order valence-corrected chi connectivity index (χ2v) is 18.0. The van der Waals surface area contributed by atoms with Gasteiger partial charge >= 0.3 is 0 Å². The van der Waals surface area contributed by atoms with Crippen molar-refractivity contribution in [2.24, 2.45) is 0 Å². The first-order chi connectivity index (χ1) is 37.6. The minimum Gasteiger partial charge on any atom is -0.490 e. The maximum Gasteiger partial charge on any atom is 0.213 e. The summed E-state index contributed by atoms with van der Waals surface area (Å²) in [6.07, 6.45) is 11.8. The Morgan fingerprint density at radius 3 is 1.14 bits per heavy atom. The number of aryl methyl sites for hydroxylation is 1. The van der Waals surface area contributed by atoms with Crippen LogP contribution in [-0.2, 0) is 6.42 Å². The van der Waals surface area contributed by atoms with Crippen molar-refractivity contribution >= 4 is 21.8 Å². The number of nitrogens with zero attached hydrogens (tertiary/aromatic N) is 5. The van der Waals surface area contributed by atoms with Gasteiger partial charge in [-0.05, 0) is 153 Å². The fourth-order valence-corrected chi connectivity index (χ4v) is 8.74. The molecule has 0 N–H and O–H groups in total. The molecule has 5 aromatic carbocycles. The van der Waals surface area contributed by atoms with Crippen molar-refractivity contribution in [3.05, 3.63) is 206 Å². The maximum absolute atomic E-state index is 6.05. The Kier molecular flexibility index (Phi) is 15.6. The molecule has 12 heteroatoms. The lowest BCUT2D eigenvalue weighted by atomic mass is 10.1. The molecule has 19 rings (SSSR count). The van der Waals surface area contributed by atoms with Gasteiger partial charge in [-0.15, -0.1) is 0 Å². The van der Waals surface area contributed by atoms with Crippen LogP contribution in [0.4, 0.5) is 0 Å². The first-order valence-electron chi connectivity index (χ1n) is 25.7. The average Bonchev–Trinajstić information content (AvgIpc) is 3.48. The van der Waals surface area contributed by atoms with Crippen molar-refractivity contribution in [1.29, 1.82) is 0 Å². The Labute approximate surface area is 441 Å². The van der Waals surface area contributed by atoms with Gasteiger partial charge in [0.05, 0.1) is 40.4 Å². The first kappa shape index (κ1) is 48.9. The molecule has 0 fully saturated rings. The van der Waals surface area contributed by atoms with Gasteiger partial charge in [-0.2, -0.15) is 0 Å². The molecule has 0 saturated carbocycles. The Morgan fingerprint density at radius 2 is 0.684 bits per heavy atom. The molecule has 76 heavy (non-hydrogen) atoms. The van der Waals surface area contributed by atoms with Crippen molar-refractivity contribution in [2.75, 3.05) is 46.2 Å². The fraction of sp³-hybridized carbons (Fsp3) is 0.172. The third kappa shape index (κ3) is 12.7. The summed E-state index contributed by atoms with van der Waals surface area (Å²) in [4.78, 5) is 24.2. The summed E-state index contributed by atoms with van der Waals surface area (Å²) < 4.78 is 41.8. The van der Waals surface area contributed by atoms with Crippen LogP contribution >= 0.6 is 0 Å². The number of benzene rings is 5. The number of allylic oxidation sites excluding steroid dienone is 1. The Morgan fingerprint density at radius 1 is 0.303 bits per heavy atom. The molecule has 0 atom stereocenters. The van der Waals surface area contributed by atoms with E-state index in [1.165, 1.54) is 5.56 Å². The molecule has 9 aliphatic rings. The molecule has 0 unspecified atom stereocenters. The first-order valence-corrected chi connectivity index (χ1v) is 25.7. The van der Waals surface area contributed by atoms with Crippen LogP contribution in [0.15, 0.2) is 200 Å². The fourth-order valence-electron chi connectivity index (χ4n) is 8.74. The minimum atomic E-state index is 0.327. The maximum atomic E-state index is 6.05. The molecule has 0 saturated heterocycles. The zero-order valence-electron chi connectivity index (χ0n) is 41.9. The van der Waals surface area contributed by atoms with Crippen LogP contribution < -0.4 is 33.2 Å². The quantitative estimate of drug-likeness (QED) is 0.106. The van der Waals surface area contributed by atoms with Crippen LogP contribution in [0.2, 0.25) is 0 Å². The summed E-state index contributed by atoms with van der Waals surface area (Å²) in [5.41, 5.74) is 10.0. The van der Waals surface area contributed by atoms with Gasteiger partial charge in [0, 0.05) is 57.6 Å². The molecule has 12 nitrogen and oxygen atoms in total. The number of hydrogen-bond donors (Lipinski definition) is 0. The van der Waals surface area contributed by atoms with E-state index in [1.54, 1.807) is 12.4 Å². The van der Waals surface area contributed by atoms with Crippen LogP contribution in [0.5, 0.6) is 40.5 Å². The molecule has 0 radical (unpaired) electrons. The molecule has 0 aliphatic carbocycles. The zero-order valence-corrected chi connectivity index (χ0v) is 41.9. The molecule has 9 aliphatic heterocycles. The van der Waals surface area contributed by atoms with E-state index in [4.69, 9.17) is 48.1 Å².